The van der Waals surface area contributed by atoms with Gasteiger partial charge >= 0.3 is 5.69 Å². The van der Waals surface area contributed by atoms with Crippen LogP contribution in [0.15, 0.2) is 20.2 Å². The zero-order valence-electron chi connectivity index (χ0n) is 14.5. The molecule has 0 unspecified atom stereocenters. The maximum absolute atomic E-state index is 12.7. The van der Waals surface area contributed by atoms with Crippen molar-refractivity contribution in [2.24, 2.45) is 0 Å². The van der Waals surface area contributed by atoms with Gasteiger partial charge in [-0.2, -0.15) is 4.98 Å². The van der Waals surface area contributed by atoms with Crippen molar-refractivity contribution in [2.45, 2.75) is 17.5 Å². The van der Waals surface area contributed by atoms with Crippen LogP contribution in [0, 0.1) is 0 Å². The van der Waals surface area contributed by atoms with E-state index >= 15 is 0 Å². The minimum Gasteiger partial charge on any atom is -0.353 e. The summed E-state index contributed by atoms with van der Waals surface area (Å²) in [5, 5.41) is 4.63. The summed E-state index contributed by atoms with van der Waals surface area (Å²) in [7, 11) is -3.11. The molecule has 11 heteroatoms. The molecule has 2 aliphatic heterocycles. The van der Waals surface area contributed by atoms with E-state index in [0.29, 0.717) is 37.0 Å². The van der Waals surface area contributed by atoms with E-state index in [1.54, 1.807) is 16.3 Å². The fourth-order valence-corrected chi connectivity index (χ4v) is 6.58. The molecule has 1 N–H and O–H groups in total. The van der Waals surface area contributed by atoms with E-state index in [1.807, 2.05) is 11.0 Å². The molecule has 0 aliphatic carbocycles. The molecule has 0 amide bonds. The van der Waals surface area contributed by atoms with Gasteiger partial charge in [0.1, 0.15) is 15.7 Å². The Balaban J connectivity index is 1.84. The third kappa shape index (κ3) is 3.74. The fraction of sp³-hybridized carbons (Fsp3) is 0.500. The second-order valence-corrected chi connectivity index (χ2v) is 11.3. The highest BCUT2D eigenvalue weighted by Gasteiger charge is 2.28. The van der Waals surface area contributed by atoms with Gasteiger partial charge in [0, 0.05) is 54.5 Å². The molecular weight excluding hydrogens is 476 g/mol. The number of halogens is 2. The highest BCUT2D eigenvalue weighted by molar-refractivity contribution is 9.10. The van der Waals surface area contributed by atoms with Crippen LogP contribution in [-0.2, 0) is 16.4 Å². The lowest BCUT2D eigenvalue weighted by Gasteiger charge is -2.35. The number of anilines is 1. The largest absolute Gasteiger partial charge is 0.353 e. The molecule has 2 aliphatic rings. The van der Waals surface area contributed by atoms with Gasteiger partial charge in [-0.25, -0.2) is 13.2 Å². The fourth-order valence-electron chi connectivity index (χ4n) is 3.65. The molecule has 4 rings (SSSR count). The van der Waals surface area contributed by atoms with Crippen LogP contribution in [0.5, 0.6) is 0 Å². The van der Waals surface area contributed by atoms with E-state index in [-0.39, 0.29) is 17.5 Å². The Kier molecular flexibility index (Phi) is 5.21. The standard InChI is InChI=1S/C16H18BrClN4O3S2/c1-27(24,25)8-9-7-21(3-2-19-9)15-10-6-11(18)12(17)14-13(10)22(4-5-26-14)16(23)20-15/h6,9,19H,2-5,7-8H2,1H3/t9-/m1/s1. The highest BCUT2D eigenvalue weighted by Crippen LogP contribution is 2.43. The number of thioether (sulfide) groups is 1. The number of aryl methyl sites for hydroxylation is 1. The number of sulfone groups is 1. The molecule has 7 nitrogen and oxygen atoms in total. The molecular formula is C16H18BrClN4O3S2. The highest BCUT2D eigenvalue weighted by atomic mass is 79.9. The maximum atomic E-state index is 12.7. The van der Waals surface area contributed by atoms with Gasteiger partial charge < -0.3 is 10.2 Å². The first-order valence-corrected chi connectivity index (χ1v) is 12.7. The van der Waals surface area contributed by atoms with Crippen molar-refractivity contribution in [3.05, 3.63) is 26.0 Å². The summed E-state index contributed by atoms with van der Waals surface area (Å²) < 4.78 is 25.8. The normalized spacial score (nSPS) is 20.3. The number of nitrogens with one attached hydrogen (secondary N) is 1. The van der Waals surface area contributed by atoms with E-state index < -0.39 is 9.84 Å². The Hall–Kier alpha value is -0.810. The van der Waals surface area contributed by atoms with Gasteiger partial charge in [-0.3, -0.25) is 4.57 Å². The van der Waals surface area contributed by atoms with Crippen LogP contribution in [0.25, 0.3) is 10.9 Å². The second kappa shape index (κ2) is 7.22. The average Bonchev–Trinajstić information content (AvgIpc) is 2.60. The Bertz CT molecular complexity index is 1090. The summed E-state index contributed by atoms with van der Waals surface area (Å²) in [5.41, 5.74) is 0.558. The molecule has 146 valence electrons. The average molecular weight is 494 g/mol. The minimum atomic E-state index is -3.11. The van der Waals surface area contributed by atoms with Gasteiger partial charge in [0.2, 0.25) is 0 Å². The molecule has 0 saturated carbocycles. The van der Waals surface area contributed by atoms with Gasteiger partial charge in [-0.1, -0.05) is 11.6 Å². The third-order valence-corrected chi connectivity index (χ3v) is 8.41. The molecule has 0 spiro atoms. The lowest BCUT2D eigenvalue weighted by molar-refractivity contribution is 0.478. The molecule has 3 heterocycles. The number of hydrogen-bond donors (Lipinski definition) is 1. The molecule has 0 radical (unpaired) electrons. The predicted molar refractivity (Wildman–Crippen MR) is 113 cm³/mol. The van der Waals surface area contributed by atoms with Crippen molar-refractivity contribution >= 4 is 65.9 Å². The third-order valence-electron chi connectivity index (χ3n) is 4.71. The Labute approximate surface area is 174 Å². The van der Waals surface area contributed by atoms with E-state index in [4.69, 9.17) is 11.6 Å². The first kappa shape index (κ1) is 19.5. The molecule has 1 atom stereocenters. The number of rotatable bonds is 3. The van der Waals surface area contributed by atoms with E-state index in [2.05, 4.69) is 26.2 Å². The molecule has 2 aromatic rings. The van der Waals surface area contributed by atoms with E-state index in [9.17, 15) is 13.2 Å². The van der Waals surface area contributed by atoms with Gasteiger partial charge in [0.15, 0.2) is 0 Å². The van der Waals surface area contributed by atoms with E-state index in [1.165, 1.54) is 6.26 Å². The number of aromatic nitrogens is 2. The molecule has 1 saturated heterocycles. The number of piperazine rings is 1. The van der Waals surface area contributed by atoms with Crippen LogP contribution in [0.2, 0.25) is 5.02 Å². The smallest absolute Gasteiger partial charge is 0.350 e. The van der Waals surface area contributed by atoms with Gasteiger partial charge in [0.05, 0.1) is 20.8 Å². The summed E-state index contributed by atoms with van der Waals surface area (Å²) in [6, 6.07) is 1.63. The molecule has 0 bridgehead atoms. The van der Waals surface area contributed by atoms with Crippen molar-refractivity contribution in [1.82, 2.24) is 14.9 Å². The van der Waals surface area contributed by atoms with Crippen molar-refractivity contribution in [1.29, 1.82) is 0 Å². The first-order valence-electron chi connectivity index (χ1n) is 8.46. The topological polar surface area (TPSA) is 84.3 Å². The lowest BCUT2D eigenvalue weighted by atomic mass is 10.1. The number of hydrogen-bond acceptors (Lipinski definition) is 7. The Morgan fingerprint density at radius 3 is 2.96 bits per heavy atom. The van der Waals surface area contributed by atoms with Crippen LogP contribution < -0.4 is 15.9 Å². The lowest BCUT2D eigenvalue weighted by Crippen LogP contribution is -2.54. The molecule has 27 heavy (non-hydrogen) atoms. The molecule has 1 fully saturated rings. The summed E-state index contributed by atoms with van der Waals surface area (Å²) in [6.07, 6.45) is 1.23. The van der Waals surface area contributed by atoms with Crippen molar-refractivity contribution < 1.29 is 8.42 Å². The molecule has 1 aromatic heterocycles. The Morgan fingerprint density at radius 1 is 1.44 bits per heavy atom. The van der Waals surface area contributed by atoms with Gasteiger partial charge in [0.25, 0.3) is 0 Å². The second-order valence-electron chi connectivity index (χ2n) is 6.81. The van der Waals surface area contributed by atoms with Crippen molar-refractivity contribution in [3.63, 3.8) is 0 Å². The predicted octanol–water partition coefficient (Wildman–Crippen LogP) is 1.74. The molecule has 1 aromatic carbocycles. The van der Waals surface area contributed by atoms with Crippen LogP contribution >= 0.6 is 39.3 Å². The summed E-state index contributed by atoms with van der Waals surface area (Å²) >= 11 is 11.6. The zero-order valence-corrected chi connectivity index (χ0v) is 18.5. The monoisotopic (exact) mass is 492 g/mol. The van der Waals surface area contributed by atoms with Crippen LogP contribution in [-0.4, -0.2) is 61.4 Å². The van der Waals surface area contributed by atoms with Crippen LogP contribution in [0.4, 0.5) is 5.82 Å². The minimum absolute atomic E-state index is 0.0475. The van der Waals surface area contributed by atoms with Crippen LogP contribution in [0.1, 0.15) is 0 Å². The van der Waals surface area contributed by atoms with Gasteiger partial charge in [-0.05, 0) is 22.0 Å². The Morgan fingerprint density at radius 2 is 2.22 bits per heavy atom. The quantitative estimate of drug-likeness (QED) is 0.697. The van der Waals surface area contributed by atoms with Crippen molar-refractivity contribution in [2.75, 3.05) is 42.3 Å². The van der Waals surface area contributed by atoms with Gasteiger partial charge in [-0.15, -0.1) is 11.8 Å². The maximum Gasteiger partial charge on any atom is 0.350 e. The zero-order chi connectivity index (χ0) is 19.3. The van der Waals surface area contributed by atoms with Crippen LogP contribution in [0.3, 0.4) is 0 Å². The summed E-state index contributed by atoms with van der Waals surface area (Å²) in [5.74, 6) is 1.40. The SMILES string of the molecule is CS(=O)(=O)C[C@H]1CN(c2nc(=O)n3c4c(c(Br)c(Cl)cc24)SCC3)CCN1. The summed E-state index contributed by atoms with van der Waals surface area (Å²) in [4.78, 5) is 20.0. The van der Waals surface area contributed by atoms with Crippen molar-refractivity contribution in [3.8, 4) is 0 Å². The van der Waals surface area contributed by atoms with E-state index in [0.717, 1.165) is 26.0 Å². The number of nitrogens with zero attached hydrogens (tertiary/aromatic N) is 3. The first-order chi connectivity index (χ1) is 12.7. The summed E-state index contributed by atoms with van der Waals surface area (Å²) in [6.45, 7) is 2.34. The number of benzene rings is 1.